The lowest BCUT2D eigenvalue weighted by Crippen LogP contribution is -2.32. The molecule has 0 aliphatic carbocycles. The summed E-state index contributed by atoms with van der Waals surface area (Å²) in [6.07, 6.45) is 5.54. The van der Waals surface area contributed by atoms with Gasteiger partial charge in [0, 0.05) is 19.4 Å². The maximum Gasteiger partial charge on any atom is 0.304 e. The molecule has 162 valence electrons. The summed E-state index contributed by atoms with van der Waals surface area (Å²) in [6.45, 7) is 4.67. The second kappa shape index (κ2) is 8.46. The molecular weight excluding hydrogens is 392 g/mol. The number of fused-ring (bicyclic) bond motifs is 1. The fourth-order valence-corrected chi connectivity index (χ4v) is 3.98. The van der Waals surface area contributed by atoms with Crippen molar-refractivity contribution in [3.63, 3.8) is 0 Å². The Hall–Kier alpha value is -3.28. The zero-order valence-electron chi connectivity index (χ0n) is 18.2. The Morgan fingerprint density at radius 2 is 2.03 bits per heavy atom. The van der Waals surface area contributed by atoms with Crippen molar-refractivity contribution in [2.75, 3.05) is 0 Å². The summed E-state index contributed by atoms with van der Waals surface area (Å²) >= 11 is 0. The Balaban J connectivity index is 1.45. The van der Waals surface area contributed by atoms with Crippen LogP contribution in [0.5, 0.6) is 11.5 Å². The fraction of sp³-hybridized carbons (Fsp3) is 0.360. The molecule has 0 bridgehead atoms. The molecule has 0 radical (unpaired) electrons. The molecule has 6 heteroatoms. The summed E-state index contributed by atoms with van der Waals surface area (Å²) in [5, 5.41) is 9.34. The number of aliphatic carboxylic acids is 1. The van der Waals surface area contributed by atoms with Crippen molar-refractivity contribution in [1.82, 2.24) is 9.55 Å². The van der Waals surface area contributed by atoms with Gasteiger partial charge in [0.25, 0.3) is 0 Å². The third kappa shape index (κ3) is 4.90. The molecule has 0 saturated carbocycles. The van der Waals surface area contributed by atoms with E-state index < -0.39 is 5.97 Å². The summed E-state index contributed by atoms with van der Waals surface area (Å²) < 4.78 is 14.0. The van der Waals surface area contributed by atoms with Crippen molar-refractivity contribution in [2.45, 2.75) is 51.2 Å². The van der Waals surface area contributed by atoms with E-state index in [1.54, 1.807) is 6.20 Å². The van der Waals surface area contributed by atoms with Crippen molar-refractivity contribution < 1.29 is 19.4 Å². The Kier molecular flexibility index (Phi) is 5.72. The summed E-state index contributed by atoms with van der Waals surface area (Å²) in [4.78, 5) is 15.7. The third-order valence-electron chi connectivity index (χ3n) is 5.75. The molecule has 0 spiro atoms. The molecule has 1 aliphatic heterocycles. The quantitative estimate of drug-likeness (QED) is 0.599. The maximum atomic E-state index is 11.4. The molecule has 4 rings (SSSR count). The molecule has 2 aromatic carbocycles. The molecule has 0 unspecified atom stereocenters. The van der Waals surface area contributed by atoms with Gasteiger partial charge in [0.1, 0.15) is 29.5 Å². The van der Waals surface area contributed by atoms with Gasteiger partial charge in [0.15, 0.2) is 0 Å². The monoisotopic (exact) mass is 420 g/mol. The minimum absolute atomic E-state index is 0.0173. The summed E-state index contributed by atoms with van der Waals surface area (Å²) in [5.74, 6) is 1.24. The van der Waals surface area contributed by atoms with Gasteiger partial charge in [-0.25, -0.2) is 4.98 Å². The lowest BCUT2D eigenvalue weighted by Gasteiger charge is -2.32. The molecule has 1 aromatic heterocycles. The average molecular weight is 421 g/mol. The highest BCUT2D eigenvalue weighted by atomic mass is 16.5. The van der Waals surface area contributed by atoms with E-state index in [1.807, 2.05) is 42.1 Å². The standard InChI is InChI=1S/C25H28N2O4/c1-25(2)11-10-19-5-4-17(14-22(19)31-25)16-30-20-8-6-18(7-9-20)21(15-23(28)29)24-26-12-13-27(24)3/h4-9,12-14,21H,10-11,15-16H2,1-3H3,(H,28,29)/t21-/m0/s1. The van der Waals surface area contributed by atoms with Crippen molar-refractivity contribution in [2.24, 2.45) is 7.05 Å². The summed E-state index contributed by atoms with van der Waals surface area (Å²) in [5.41, 5.74) is 3.05. The van der Waals surface area contributed by atoms with Gasteiger partial charge in [-0.15, -0.1) is 0 Å². The van der Waals surface area contributed by atoms with Crippen molar-refractivity contribution in [3.8, 4) is 11.5 Å². The summed E-state index contributed by atoms with van der Waals surface area (Å²) in [7, 11) is 1.87. The molecule has 1 aliphatic rings. The SMILES string of the molecule is Cn1ccnc1[C@@H](CC(=O)O)c1ccc(OCc2ccc3c(c2)OC(C)(C)CC3)cc1. The molecular formula is C25H28N2O4. The highest BCUT2D eigenvalue weighted by Gasteiger charge is 2.26. The number of aryl methyl sites for hydroxylation is 2. The third-order valence-corrected chi connectivity index (χ3v) is 5.75. The largest absolute Gasteiger partial charge is 0.489 e. The van der Waals surface area contributed by atoms with E-state index in [-0.39, 0.29) is 17.9 Å². The van der Waals surface area contributed by atoms with Gasteiger partial charge in [-0.05, 0) is 61.6 Å². The second-order valence-electron chi connectivity index (χ2n) is 8.71. The lowest BCUT2D eigenvalue weighted by atomic mass is 9.93. The van der Waals surface area contributed by atoms with Gasteiger partial charge >= 0.3 is 5.97 Å². The van der Waals surface area contributed by atoms with Gasteiger partial charge in [-0.1, -0.05) is 24.3 Å². The van der Waals surface area contributed by atoms with Gasteiger partial charge in [-0.2, -0.15) is 0 Å². The molecule has 2 heterocycles. The molecule has 3 aromatic rings. The zero-order valence-corrected chi connectivity index (χ0v) is 18.2. The predicted octanol–water partition coefficient (Wildman–Crippen LogP) is 4.71. The summed E-state index contributed by atoms with van der Waals surface area (Å²) in [6, 6.07) is 13.9. The minimum Gasteiger partial charge on any atom is -0.489 e. The number of ether oxygens (including phenoxy) is 2. The van der Waals surface area contributed by atoms with E-state index >= 15 is 0 Å². The zero-order chi connectivity index (χ0) is 22.0. The topological polar surface area (TPSA) is 73.6 Å². The van der Waals surface area contributed by atoms with Gasteiger partial charge < -0.3 is 19.1 Å². The number of carbonyl (C=O) groups is 1. The molecule has 1 N–H and O–H groups in total. The molecule has 0 saturated heterocycles. The fourth-order valence-electron chi connectivity index (χ4n) is 3.98. The number of imidazole rings is 1. The van der Waals surface area contributed by atoms with Crippen LogP contribution in [-0.4, -0.2) is 26.2 Å². The Morgan fingerprint density at radius 3 is 2.71 bits per heavy atom. The Morgan fingerprint density at radius 1 is 1.26 bits per heavy atom. The van der Waals surface area contributed by atoms with E-state index in [2.05, 4.69) is 37.0 Å². The number of carboxylic acids is 1. The molecule has 0 fully saturated rings. The molecule has 1 atom stereocenters. The number of hydrogen-bond acceptors (Lipinski definition) is 4. The van der Waals surface area contributed by atoms with E-state index in [0.29, 0.717) is 6.61 Å². The van der Waals surface area contributed by atoms with E-state index in [9.17, 15) is 9.90 Å². The van der Waals surface area contributed by atoms with Crippen LogP contribution < -0.4 is 9.47 Å². The number of carboxylic acid groups (broad SMARTS) is 1. The van der Waals surface area contributed by atoms with E-state index in [1.165, 1.54) is 5.56 Å². The van der Waals surface area contributed by atoms with E-state index in [4.69, 9.17) is 9.47 Å². The lowest BCUT2D eigenvalue weighted by molar-refractivity contribution is -0.137. The smallest absolute Gasteiger partial charge is 0.304 e. The first-order valence-electron chi connectivity index (χ1n) is 10.5. The number of rotatable bonds is 7. The van der Waals surface area contributed by atoms with Gasteiger partial charge in [0.2, 0.25) is 0 Å². The van der Waals surface area contributed by atoms with Crippen LogP contribution in [0.2, 0.25) is 0 Å². The molecule has 31 heavy (non-hydrogen) atoms. The second-order valence-corrected chi connectivity index (χ2v) is 8.71. The van der Waals surface area contributed by atoms with Crippen LogP contribution in [0.15, 0.2) is 54.9 Å². The highest BCUT2D eigenvalue weighted by molar-refractivity contribution is 5.68. The first-order chi connectivity index (χ1) is 14.8. The minimum atomic E-state index is -0.855. The number of hydrogen-bond donors (Lipinski definition) is 1. The number of benzene rings is 2. The van der Waals surface area contributed by atoms with Crippen LogP contribution in [0, 0.1) is 0 Å². The van der Waals surface area contributed by atoms with Gasteiger partial charge in [-0.3, -0.25) is 4.79 Å². The predicted molar refractivity (Wildman–Crippen MR) is 118 cm³/mol. The molecule has 6 nitrogen and oxygen atoms in total. The van der Waals surface area contributed by atoms with Crippen LogP contribution in [0.25, 0.3) is 0 Å². The van der Waals surface area contributed by atoms with Crippen molar-refractivity contribution in [1.29, 1.82) is 0 Å². The van der Waals surface area contributed by atoms with Crippen LogP contribution in [0.1, 0.15) is 55.1 Å². The first-order valence-corrected chi connectivity index (χ1v) is 10.5. The maximum absolute atomic E-state index is 11.4. The van der Waals surface area contributed by atoms with Gasteiger partial charge in [0.05, 0.1) is 12.3 Å². The van der Waals surface area contributed by atoms with E-state index in [0.717, 1.165) is 41.3 Å². The molecule has 0 amide bonds. The Labute approximate surface area is 182 Å². The van der Waals surface area contributed by atoms with Crippen LogP contribution in [0.3, 0.4) is 0 Å². The van der Waals surface area contributed by atoms with Crippen LogP contribution >= 0.6 is 0 Å². The number of nitrogens with zero attached hydrogens (tertiary/aromatic N) is 2. The van der Waals surface area contributed by atoms with Crippen LogP contribution in [0.4, 0.5) is 0 Å². The van der Waals surface area contributed by atoms with Crippen LogP contribution in [-0.2, 0) is 24.9 Å². The average Bonchev–Trinajstić information content (AvgIpc) is 3.15. The number of aromatic nitrogens is 2. The van der Waals surface area contributed by atoms with Crippen molar-refractivity contribution in [3.05, 3.63) is 77.4 Å². The highest BCUT2D eigenvalue weighted by Crippen LogP contribution is 2.34. The first kappa shape index (κ1) is 21.0. The normalized spacial score (nSPS) is 15.6. The van der Waals surface area contributed by atoms with Crippen molar-refractivity contribution >= 4 is 5.97 Å². The Bertz CT molecular complexity index is 1070.